The highest BCUT2D eigenvalue weighted by Crippen LogP contribution is 2.31. The monoisotopic (exact) mass is 253 g/mol. The number of nitrogens with two attached hydrogens (primary N) is 1. The van der Waals surface area contributed by atoms with E-state index in [0.717, 1.165) is 31.6 Å². The molecule has 1 aliphatic rings. The molecule has 1 aromatic heterocycles. The summed E-state index contributed by atoms with van der Waals surface area (Å²) in [7, 11) is 0. The lowest BCUT2D eigenvalue weighted by Gasteiger charge is -2.32. The Balaban J connectivity index is 1.75. The SMILES string of the molecule is Nc1cccc2c1CCCN2CCc1ccncc1. The van der Waals surface area contributed by atoms with Crippen LogP contribution in [0.3, 0.4) is 0 Å². The van der Waals surface area contributed by atoms with Gasteiger partial charge < -0.3 is 10.6 Å². The van der Waals surface area contributed by atoms with Gasteiger partial charge in [0, 0.05) is 36.9 Å². The molecule has 3 rings (SSSR count). The number of hydrogen-bond acceptors (Lipinski definition) is 3. The lowest BCUT2D eigenvalue weighted by Crippen LogP contribution is -2.31. The van der Waals surface area contributed by atoms with Crippen LogP contribution in [0.2, 0.25) is 0 Å². The van der Waals surface area contributed by atoms with Crippen LogP contribution in [0.15, 0.2) is 42.7 Å². The second-order valence-corrected chi connectivity index (χ2v) is 5.04. The quantitative estimate of drug-likeness (QED) is 0.855. The summed E-state index contributed by atoms with van der Waals surface area (Å²) < 4.78 is 0. The summed E-state index contributed by atoms with van der Waals surface area (Å²) in [6, 6.07) is 10.4. The van der Waals surface area contributed by atoms with Gasteiger partial charge in [0.05, 0.1) is 0 Å². The van der Waals surface area contributed by atoms with Gasteiger partial charge in [-0.25, -0.2) is 0 Å². The third-order valence-electron chi connectivity index (χ3n) is 3.80. The van der Waals surface area contributed by atoms with Crippen molar-refractivity contribution < 1.29 is 0 Å². The van der Waals surface area contributed by atoms with E-state index in [9.17, 15) is 0 Å². The maximum Gasteiger partial charge on any atom is 0.0419 e. The first-order chi connectivity index (χ1) is 9.34. The number of rotatable bonds is 3. The van der Waals surface area contributed by atoms with E-state index in [-0.39, 0.29) is 0 Å². The van der Waals surface area contributed by atoms with Crippen molar-refractivity contribution in [2.75, 3.05) is 23.7 Å². The minimum Gasteiger partial charge on any atom is -0.398 e. The molecular formula is C16H19N3. The number of aromatic nitrogens is 1. The van der Waals surface area contributed by atoms with E-state index in [1.807, 2.05) is 18.5 Å². The fourth-order valence-corrected chi connectivity index (χ4v) is 2.77. The Hall–Kier alpha value is -2.03. The van der Waals surface area contributed by atoms with Crippen molar-refractivity contribution >= 4 is 11.4 Å². The molecule has 0 spiro atoms. The molecular weight excluding hydrogens is 234 g/mol. The van der Waals surface area contributed by atoms with Crippen LogP contribution in [0.5, 0.6) is 0 Å². The number of nitrogen functional groups attached to an aromatic ring is 1. The fraction of sp³-hybridized carbons (Fsp3) is 0.312. The molecule has 0 fully saturated rings. The lowest BCUT2D eigenvalue weighted by molar-refractivity contribution is 0.689. The number of hydrogen-bond donors (Lipinski definition) is 1. The van der Waals surface area contributed by atoms with Crippen molar-refractivity contribution in [1.29, 1.82) is 0 Å². The molecule has 0 saturated carbocycles. The lowest BCUT2D eigenvalue weighted by atomic mass is 9.99. The van der Waals surface area contributed by atoms with E-state index in [1.54, 1.807) is 0 Å². The molecule has 98 valence electrons. The molecule has 0 bridgehead atoms. The second kappa shape index (κ2) is 5.31. The van der Waals surface area contributed by atoms with Gasteiger partial charge in [0.1, 0.15) is 0 Å². The van der Waals surface area contributed by atoms with Gasteiger partial charge in [-0.1, -0.05) is 6.07 Å². The van der Waals surface area contributed by atoms with Gasteiger partial charge in [0.2, 0.25) is 0 Å². The third kappa shape index (κ3) is 2.55. The molecule has 3 nitrogen and oxygen atoms in total. The topological polar surface area (TPSA) is 42.1 Å². The standard InChI is InChI=1S/C16H19N3/c17-15-4-1-5-16-14(15)3-2-11-19(16)12-8-13-6-9-18-10-7-13/h1,4-7,9-10H,2-3,8,11-12,17H2. The van der Waals surface area contributed by atoms with Crippen LogP contribution in [0.4, 0.5) is 11.4 Å². The first kappa shape index (κ1) is 12.0. The van der Waals surface area contributed by atoms with Crippen LogP contribution < -0.4 is 10.6 Å². The van der Waals surface area contributed by atoms with Gasteiger partial charge in [-0.05, 0) is 54.7 Å². The van der Waals surface area contributed by atoms with Gasteiger partial charge in [-0.15, -0.1) is 0 Å². The van der Waals surface area contributed by atoms with Crippen molar-refractivity contribution in [3.05, 3.63) is 53.9 Å². The van der Waals surface area contributed by atoms with Crippen LogP contribution in [-0.4, -0.2) is 18.1 Å². The minimum absolute atomic E-state index is 0.936. The van der Waals surface area contributed by atoms with E-state index < -0.39 is 0 Å². The first-order valence-corrected chi connectivity index (χ1v) is 6.86. The molecule has 1 aliphatic heterocycles. The number of nitrogens with zero attached hydrogens (tertiary/aromatic N) is 2. The van der Waals surface area contributed by atoms with Gasteiger partial charge in [0.15, 0.2) is 0 Å². The Morgan fingerprint density at radius 1 is 1.16 bits per heavy atom. The van der Waals surface area contributed by atoms with Crippen molar-refractivity contribution in [2.24, 2.45) is 0 Å². The average Bonchev–Trinajstić information content (AvgIpc) is 2.47. The van der Waals surface area contributed by atoms with Gasteiger partial charge >= 0.3 is 0 Å². The number of pyridine rings is 1. The Labute approximate surface area is 114 Å². The zero-order chi connectivity index (χ0) is 13.1. The van der Waals surface area contributed by atoms with Crippen LogP contribution in [-0.2, 0) is 12.8 Å². The molecule has 0 amide bonds. The van der Waals surface area contributed by atoms with E-state index >= 15 is 0 Å². The fourth-order valence-electron chi connectivity index (χ4n) is 2.77. The summed E-state index contributed by atoms with van der Waals surface area (Å²) >= 11 is 0. The van der Waals surface area contributed by atoms with Crippen molar-refractivity contribution in [3.8, 4) is 0 Å². The van der Waals surface area contributed by atoms with E-state index in [4.69, 9.17) is 5.73 Å². The normalized spacial score (nSPS) is 14.2. The maximum atomic E-state index is 6.08. The largest absolute Gasteiger partial charge is 0.398 e. The molecule has 0 unspecified atom stereocenters. The van der Waals surface area contributed by atoms with E-state index in [1.165, 1.54) is 23.2 Å². The second-order valence-electron chi connectivity index (χ2n) is 5.04. The average molecular weight is 253 g/mol. The van der Waals surface area contributed by atoms with Gasteiger partial charge in [-0.2, -0.15) is 0 Å². The van der Waals surface area contributed by atoms with Crippen LogP contribution in [0, 0.1) is 0 Å². The molecule has 3 heteroatoms. The summed E-state index contributed by atoms with van der Waals surface area (Å²) in [5, 5.41) is 0. The highest BCUT2D eigenvalue weighted by Gasteiger charge is 2.17. The van der Waals surface area contributed by atoms with Gasteiger partial charge in [-0.3, -0.25) is 4.98 Å². The third-order valence-corrected chi connectivity index (χ3v) is 3.80. The molecule has 2 N–H and O–H groups in total. The minimum atomic E-state index is 0.936. The summed E-state index contributed by atoms with van der Waals surface area (Å²) in [4.78, 5) is 6.51. The molecule has 2 aromatic rings. The number of fused-ring (bicyclic) bond motifs is 1. The zero-order valence-corrected chi connectivity index (χ0v) is 11.0. The van der Waals surface area contributed by atoms with Crippen molar-refractivity contribution in [2.45, 2.75) is 19.3 Å². The van der Waals surface area contributed by atoms with Crippen LogP contribution in [0.25, 0.3) is 0 Å². The first-order valence-electron chi connectivity index (χ1n) is 6.86. The van der Waals surface area contributed by atoms with E-state index in [2.05, 4.69) is 34.1 Å². The molecule has 0 aliphatic carbocycles. The molecule has 0 saturated heterocycles. The summed E-state index contributed by atoms with van der Waals surface area (Å²) in [5.41, 5.74) is 11.0. The molecule has 19 heavy (non-hydrogen) atoms. The van der Waals surface area contributed by atoms with Gasteiger partial charge in [0.25, 0.3) is 0 Å². The Morgan fingerprint density at radius 3 is 2.84 bits per heavy atom. The Kier molecular flexibility index (Phi) is 3.36. The predicted octanol–water partition coefficient (Wildman–Crippen LogP) is 2.66. The number of anilines is 2. The zero-order valence-electron chi connectivity index (χ0n) is 11.0. The molecule has 0 atom stereocenters. The summed E-state index contributed by atoms with van der Waals surface area (Å²) in [6.07, 6.45) is 7.07. The van der Waals surface area contributed by atoms with Crippen LogP contribution >= 0.6 is 0 Å². The maximum absolute atomic E-state index is 6.08. The predicted molar refractivity (Wildman–Crippen MR) is 79.3 cm³/mol. The molecule has 1 aromatic carbocycles. The molecule has 0 radical (unpaired) electrons. The van der Waals surface area contributed by atoms with Crippen molar-refractivity contribution in [1.82, 2.24) is 4.98 Å². The highest BCUT2D eigenvalue weighted by molar-refractivity contribution is 5.66. The van der Waals surface area contributed by atoms with Crippen molar-refractivity contribution in [3.63, 3.8) is 0 Å². The van der Waals surface area contributed by atoms with Crippen LogP contribution in [0.1, 0.15) is 17.5 Å². The summed E-state index contributed by atoms with van der Waals surface area (Å²) in [5.74, 6) is 0. The Bertz CT molecular complexity index is 551. The van der Waals surface area contributed by atoms with E-state index in [0.29, 0.717) is 0 Å². The smallest absolute Gasteiger partial charge is 0.0419 e. The Morgan fingerprint density at radius 2 is 2.00 bits per heavy atom. The summed E-state index contributed by atoms with van der Waals surface area (Å²) in [6.45, 7) is 2.17. The molecule has 2 heterocycles. The highest BCUT2D eigenvalue weighted by atomic mass is 15.1. The number of benzene rings is 1.